The van der Waals surface area contributed by atoms with Gasteiger partial charge in [-0.1, -0.05) is 12.1 Å². The van der Waals surface area contributed by atoms with Crippen LogP contribution < -0.4 is 14.8 Å². The Labute approximate surface area is 179 Å². The minimum Gasteiger partial charge on any atom is -0.493 e. The van der Waals surface area contributed by atoms with Crippen LogP contribution in [0.15, 0.2) is 42.5 Å². The molecule has 2 aromatic carbocycles. The van der Waals surface area contributed by atoms with Gasteiger partial charge in [0.05, 0.1) is 33.5 Å². The molecule has 1 heterocycles. The summed E-state index contributed by atoms with van der Waals surface area (Å²) in [5.74, 6) is 1.30. The van der Waals surface area contributed by atoms with Crippen LogP contribution in [0.3, 0.4) is 0 Å². The molecule has 1 amide bonds. The summed E-state index contributed by atoms with van der Waals surface area (Å²) in [5, 5.41) is 3.09. The Morgan fingerprint density at radius 3 is 2.57 bits per heavy atom. The molecule has 1 aliphatic rings. The van der Waals surface area contributed by atoms with Crippen molar-refractivity contribution >= 4 is 28.5 Å². The van der Waals surface area contributed by atoms with Crippen LogP contribution in [0.5, 0.6) is 11.5 Å². The van der Waals surface area contributed by atoms with Gasteiger partial charge in [0, 0.05) is 28.8 Å². The second-order valence-electron chi connectivity index (χ2n) is 6.50. The van der Waals surface area contributed by atoms with Crippen LogP contribution in [0.1, 0.15) is 22.0 Å². The summed E-state index contributed by atoms with van der Waals surface area (Å²) in [6.45, 7) is 3.51. The van der Waals surface area contributed by atoms with Gasteiger partial charge in [0.25, 0.3) is 5.91 Å². The molecule has 1 atom stereocenters. The van der Waals surface area contributed by atoms with Crippen molar-refractivity contribution in [2.75, 3.05) is 47.1 Å². The van der Waals surface area contributed by atoms with Crippen LogP contribution in [0.2, 0.25) is 0 Å². The van der Waals surface area contributed by atoms with Crippen LogP contribution in [-0.2, 0) is 4.74 Å². The molecular weight excluding hydrogens is 471 g/mol. The van der Waals surface area contributed by atoms with Gasteiger partial charge in [-0.2, -0.15) is 0 Å². The zero-order valence-electron chi connectivity index (χ0n) is 16.1. The average Bonchev–Trinajstić information content (AvgIpc) is 2.74. The van der Waals surface area contributed by atoms with E-state index in [1.807, 2.05) is 42.5 Å². The number of amides is 1. The second-order valence-corrected chi connectivity index (χ2v) is 7.74. The lowest BCUT2D eigenvalue weighted by Crippen LogP contribution is -2.43. The summed E-state index contributed by atoms with van der Waals surface area (Å²) in [7, 11) is 3.25. The van der Waals surface area contributed by atoms with E-state index in [9.17, 15) is 4.79 Å². The summed E-state index contributed by atoms with van der Waals surface area (Å²) >= 11 is 2.21. The monoisotopic (exact) mass is 496 g/mol. The van der Waals surface area contributed by atoms with Crippen molar-refractivity contribution in [1.29, 1.82) is 0 Å². The Morgan fingerprint density at radius 1 is 1.14 bits per heavy atom. The Morgan fingerprint density at radius 2 is 1.89 bits per heavy atom. The van der Waals surface area contributed by atoms with Gasteiger partial charge < -0.3 is 19.5 Å². The Bertz CT molecular complexity index is 809. The number of hydrogen-bond donors (Lipinski definition) is 1. The number of rotatable bonds is 7. The van der Waals surface area contributed by atoms with Crippen LogP contribution in [-0.4, -0.2) is 57.9 Å². The van der Waals surface area contributed by atoms with Crippen molar-refractivity contribution in [3.8, 4) is 11.5 Å². The first-order valence-corrected chi connectivity index (χ1v) is 10.3. The van der Waals surface area contributed by atoms with Gasteiger partial charge in [0.15, 0.2) is 11.5 Å². The van der Waals surface area contributed by atoms with E-state index >= 15 is 0 Å². The molecule has 3 rings (SSSR count). The molecule has 1 saturated heterocycles. The number of halogens is 1. The molecule has 0 radical (unpaired) electrons. The highest BCUT2D eigenvalue weighted by Gasteiger charge is 2.24. The fourth-order valence-electron chi connectivity index (χ4n) is 3.33. The highest BCUT2D eigenvalue weighted by Crippen LogP contribution is 2.32. The molecule has 2 aromatic rings. The minimum atomic E-state index is -0.0720. The van der Waals surface area contributed by atoms with E-state index in [1.54, 1.807) is 14.2 Å². The standard InChI is InChI=1S/C21H25IN2O4/c1-26-19-7-6-15(13-20(19)27-2)18(24-8-10-28-11-9-24)14-23-21(25)16-4-3-5-17(22)12-16/h3-7,12-13,18H,8-11,14H2,1-2H3,(H,23,25). The van der Waals surface area contributed by atoms with Gasteiger partial charge in [-0.25, -0.2) is 0 Å². The van der Waals surface area contributed by atoms with Crippen LogP contribution in [0, 0.1) is 3.57 Å². The van der Waals surface area contributed by atoms with E-state index in [4.69, 9.17) is 14.2 Å². The Balaban J connectivity index is 1.80. The first kappa shape index (κ1) is 20.9. The minimum absolute atomic E-state index is 0.0236. The van der Waals surface area contributed by atoms with Crippen molar-refractivity contribution < 1.29 is 19.0 Å². The number of ether oxygens (including phenoxy) is 3. The highest BCUT2D eigenvalue weighted by atomic mass is 127. The zero-order chi connectivity index (χ0) is 19.9. The van der Waals surface area contributed by atoms with E-state index in [0.29, 0.717) is 36.8 Å². The SMILES string of the molecule is COc1ccc(C(CNC(=O)c2cccc(I)c2)N2CCOCC2)cc1OC. The zero-order valence-corrected chi connectivity index (χ0v) is 18.3. The fraction of sp³-hybridized carbons (Fsp3) is 0.381. The number of nitrogens with one attached hydrogen (secondary N) is 1. The van der Waals surface area contributed by atoms with Gasteiger partial charge >= 0.3 is 0 Å². The normalized spacial score (nSPS) is 15.7. The summed E-state index contributed by atoms with van der Waals surface area (Å²) in [5.41, 5.74) is 1.74. The first-order valence-electron chi connectivity index (χ1n) is 9.20. The largest absolute Gasteiger partial charge is 0.493 e. The summed E-state index contributed by atoms with van der Waals surface area (Å²) < 4.78 is 17.4. The third kappa shape index (κ3) is 5.15. The van der Waals surface area contributed by atoms with E-state index in [0.717, 1.165) is 22.2 Å². The summed E-state index contributed by atoms with van der Waals surface area (Å²) in [6.07, 6.45) is 0. The number of methoxy groups -OCH3 is 2. The number of morpholine rings is 1. The quantitative estimate of drug-likeness (QED) is 0.598. The van der Waals surface area contributed by atoms with E-state index in [2.05, 4.69) is 32.8 Å². The molecule has 0 saturated carbocycles. The summed E-state index contributed by atoms with van der Waals surface area (Å²) in [6, 6.07) is 13.5. The smallest absolute Gasteiger partial charge is 0.251 e. The molecule has 0 aliphatic carbocycles. The Hall–Kier alpha value is -1.84. The lowest BCUT2D eigenvalue weighted by molar-refractivity contribution is 0.0162. The number of carbonyl (C=O) groups excluding carboxylic acids is 1. The maximum atomic E-state index is 12.6. The van der Waals surface area contributed by atoms with E-state index < -0.39 is 0 Å². The maximum absolute atomic E-state index is 12.6. The van der Waals surface area contributed by atoms with Crippen LogP contribution >= 0.6 is 22.6 Å². The van der Waals surface area contributed by atoms with E-state index in [-0.39, 0.29) is 11.9 Å². The molecule has 7 heteroatoms. The lowest BCUT2D eigenvalue weighted by atomic mass is 10.0. The molecule has 0 spiro atoms. The van der Waals surface area contributed by atoms with Gasteiger partial charge in [-0.05, 0) is 58.5 Å². The number of nitrogens with zero attached hydrogens (tertiary/aromatic N) is 1. The third-order valence-electron chi connectivity index (χ3n) is 4.82. The molecule has 1 unspecified atom stereocenters. The molecule has 1 fully saturated rings. The van der Waals surface area contributed by atoms with Crippen LogP contribution in [0.25, 0.3) is 0 Å². The van der Waals surface area contributed by atoms with Gasteiger partial charge in [0.1, 0.15) is 0 Å². The molecule has 28 heavy (non-hydrogen) atoms. The second kappa shape index (κ2) is 10.1. The number of carbonyl (C=O) groups is 1. The first-order chi connectivity index (χ1) is 13.6. The molecular formula is C21H25IN2O4. The molecule has 150 valence electrons. The van der Waals surface area contributed by atoms with Gasteiger partial charge in [-0.15, -0.1) is 0 Å². The van der Waals surface area contributed by atoms with Crippen molar-refractivity contribution in [1.82, 2.24) is 10.2 Å². The average molecular weight is 496 g/mol. The fourth-order valence-corrected chi connectivity index (χ4v) is 3.87. The van der Waals surface area contributed by atoms with E-state index in [1.165, 1.54) is 0 Å². The molecule has 1 aliphatic heterocycles. The predicted octanol–water partition coefficient (Wildman–Crippen LogP) is 3.11. The lowest BCUT2D eigenvalue weighted by Gasteiger charge is -2.35. The Kier molecular flexibility index (Phi) is 7.52. The van der Waals surface area contributed by atoms with Gasteiger partial charge in [0.2, 0.25) is 0 Å². The van der Waals surface area contributed by atoms with Crippen molar-refractivity contribution in [2.45, 2.75) is 6.04 Å². The number of hydrogen-bond acceptors (Lipinski definition) is 5. The van der Waals surface area contributed by atoms with Crippen molar-refractivity contribution in [2.24, 2.45) is 0 Å². The van der Waals surface area contributed by atoms with Gasteiger partial charge in [-0.3, -0.25) is 9.69 Å². The highest BCUT2D eigenvalue weighted by molar-refractivity contribution is 14.1. The molecule has 1 N–H and O–H groups in total. The molecule has 0 bridgehead atoms. The number of benzene rings is 2. The third-order valence-corrected chi connectivity index (χ3v) is 5.49. The van der Waals surface area contributed by atoms with Crippen molar-refractivity contribution in [3.63, 3.8) is 0 Å². The molecule has 6 nitrogen and oxygen atoms in total. The van der Waals surface area contributed by atoms with Crippen LogP contribution in [0.4, 0.5) is 0 Å². The maximum Gasteiger partial charge on any atom is 0.251 e. The predicted molar refractivity (Wildman–Crippen MR) is 116 cm³/mol. The van der Waals surface area contributed by atoms with Crippen molar-refractivity contribution in [3.05, 3.63) is 57.2 Å². The topological polar surface area (TPSA) is 60.0 Å². The summed E-state index contributed by atoms with van der Waals surface area (Å²) in [4.78, 5) is 15.0. The molecule has 0 aromatic heterocycles.